The number of hydroxylamine groups is 1. The van der Waals surface area contributed by atoms with E-state index in [2.05, 4.69) is 5.32 Å². The van der Waals surface area contributed by atoms with E-state index in [9.17, 15) is 22.8 Å². The molecule has 0 aliphatic rings. The zero-order valence-electron chi connectivity index (χ0n) is 13.3. The molecule has 9 heteroatoms. The Morgan fingerprint density at radius 1 is 0.962 bits per heavy atom. The van der Waals surface area contributed by atoms with Crippen molar-refractivity contribution in [2.75, 3.05) is 0 Å². The molecule has 0 saturated carbocycles. The van der Waals surface area contributed by atoms with Gasteiger partial charge in [0.15, 0.2) is 0 Å². The Balaban J connectivity index is 1.79. The van der Waals surface area contributed by atoms with Crippen molar-refractivity contribution >= 4 is 12.0 Å². The molecule has 0 fully saturated rings. The lowest BCUT2D eigenvalue weighted by atomic mass is 10.1. The van der Waals surface area contributed by atoms with Crippen LogP contribution in [0.4, 0.5) is 18.0 Å². The molecule has 3 N–H and O–H groups in total. The summed E-state index contributed by atoms with van der Waals surface area (Å²) < 4.78 is 42.3. The van der Waals surface area contributed by atoms with E-state index < -0.39 is 23.7 Å². The van der Waals surface area contributed by atoms with Crippen molar-refractivity contribution in [1.29, 1.82) is 0 Å². The van der Waals surface area contributed by atoms with Gasteiger partial charge in [0, 0.05) is 12.1 Å². The number of hydrogen-bond acceptors (Lipinski definition) is 4. The van der Waals surface area contributed by atoms with Crippen molar-refractivity contribution < 1.29 is 32.7 Å². The molecule has 0 radical (unpaired) electrons. The summed E-state index contributed by atoms with van der Waals surface area (Å²) in [5.74, 6) is -0.652. The third-order valence-corrected chi connectivity index (χ3v) is 3.41. The van der Waals surface area contributed by atoms with E-state index in [4.69, 9.17) is 9.94 Å². The van der Waals surface area contributed by atoms with E-state index >= 15 is 0 Å². The average molecular weight is 368 g/mol. The molecule has 0 unspecified atom stereocenters. The van der Waals surface area contributed by atoms with Gasteiger partial charge in [-0.2, -0.15) is 13.2 Å². The van der Waals surface area contributed by atoms with E-state index in [-0.39, 0.29) is 18.7 Å². The number of alkyl carbamates (subject to hydrolysis) is 1. The minimum Gasteiger partial charge on any atom is -0.445 e. The number of halogens is 3. The van der Waals surface area contributed by atoms with Crippen LogP contribution in [0, 0.1) is 0 Å². The predicted octanol–water partition coefficient (Wildman–Crippen LogP) is 3.25. The van der Waals surface area contributed by atoms with Gasteiger partial charge in [0.2, 0.25) is 0 Å². The van der Waals surface area contributed by atoms with Crippen LogP contribution in [0.5, 0.6) is 0 Å². The van der Waals surface area contributed by atoms with Crippen LogP contribution in [0.2, 0.25) is 0 Å². The van der Waals surface area contributed by atoms with E-state index in [0.717, 1.165) is 12.1 Å². The minimum absolute atomic E-state index is 0.132. The lowest BCUT2D eigenvalue weighted by Crippen LogP contribution is -2.23. The van der Waals surface area contributed by atoms with Crippen molar-refractivity contribution in [1.82, 2.24) is 10.8 Å². The van der Waals surface area contributed by atoms with Crippen molar-refractivity contribution in [2.24, 2.45) is 0 Å². The molecular weight excluding hydrogens is 353 g/mol. The fourth-order valence-corrected chi connectivity index (χ4v) is 2.00. The summed E-state index contributed by atoms with van der Waals surface area (Å²) in [6.45, 7) is -0.0353. The molecule has 6 nitrogen and oxygen atoms in total. The SMILES string of the molecule is O=C(NCc1ccc(C(=O)NO)cc1)OCc1ccc(C(F)(F)F)cc1. The zero-order valence-corrected chi connectivity index (χ0v) is 13.3. The van der Waals surface area contributed by atoms with Crippen LogP contribution >= 0.6 is 0 Å². The van der Waals surface area contributed by atoms with Crippen LogP contribution in [0.1, 0.15) is 27.0 Å². The number of carbonyl (C=O) groups excluding carboxylic acids is 2. The van der Waals surface area contributed by atoms with Crippen LogP contribution in [0.3, 0.4) is 0 Å². The maximum atomic E-state index is 12.5. The normalized spacial score (nSPS) is 10.9. The Labute approximate surface area is 146 Å². The topological polar surface area (TPSA) is 87.7 Å². The van der Waals surface area contributed by atoms with E-state index in [1.54, 1.807) is 12.1 Å². The lowest BCUT2D eigenvalue weighted by Gasteiger charge is -2.09. The summed E-state index contributed by atoms with van der Waals surface area (Å²) >= 11 is 0. The van der Waals surface area contributed by atoms with Gasteiger partial charge in [-0.3, -0.25) is 10.0 Å². The summed E-state index contributed by atoms with van der Waals surface area (Å²) in [6, 6.07) is 10.4. The number of carbonyl (C=O) groups is 2. The Hall–Kier alpha value is -3.07. The quantitative estimate of drug-likeness (QED) is 0.558. The highest BCUT2D eigenvalue weighted by molar-refractivity contribution is 5.93. The highest BCUT2D eigenvalue weighted by atomic mass is 19.4. The number of nitrogens with one attached hydrogen (secondary N) is 2. The molecule has 2 amide bonds. The summed E-state index contributed by atoms with van der Waals surface area (Å²) in [7, 11) is 0. The minimum atomic E-state index is -4.41. The first-order chi connectivity index (χ1) is 12.3. The second-order valence-electron chi connectivity index (χ2n) is 5.26. The van der Waals surface area contributed by atoms with Gasteiger partial charge in [0.05, 0.1) is 5.56 Å². The Morgan fingerprint density at radius 3 is 2.08 bits per heavy atom. The fraction of sp³-hybridized carbons (Fsp3) is 0.176. The third-order valence-electron chi connectivity index (χ3n) is 3.41. The third kappa shape index (κ3) is 5.49. The largest absolute Gasteiger partial charge is 0.445 e. The monoisotopic (exact) mass is 368 g/mol. The van der Waals surface area contributed by atoms with Crippen LogP contribution in [-0.4, -0.2) is 17.2 Å². The second-order valence-corrected chi connectivity index (χ2v) is 5.26. The molecule has 2 aromatic carbocycles. The molecule has 0 atom stereocenters. The molecule has 26 heavy (non-hydrogen) atoms. The zero-order chi connectivity index (χ0) is 19.2. The molecule has 0 spiro atoms. The first-order valence-corrected chi connectivity index (χ1v) is 7.39. The summed E-state index contributed by atoms with van der Waals surface area (Å²) in [6.07, 6.45) is -5.15. The smallest absolute Gasteiger partial charge is 0.416 e. The number of ether oxygens (including phenoxy) is 1. The highest BCUT2D eigenvalue weighted by Gasteiger charge is 2.29. The molecule has 2 rings (SSSR count). The number of alkyl halides is 3. The van der Waals surface area contributed by atoms with Gasteiger partial charge in [0.25, 0.3) is 5.91 Å². The van der Waals surface area contributed by atoms with Gasteiger partial charge in [-0.05, 0) is 35.4 Å². The first-order valence-electron chi connectivity index (χ1n) is 7.39. The van der Waals surface area contributed by atoms with E-state index in [1.807, 2.05) is 0 Å². The van der Waals surface area contributed by atoms with Crippen molar-refractivity contribution in [3.8, 4) is 0 Å². The predicted molar refractivity (Wildman–Crippen MR) is 84.2 cm³/mol. The second kappa shape index (κ2) is 8.34. The van der Waals surface area contributed by atoms with Crippen LogP contribution in [-0.2, 0) is 24.1 Å². The molecule has 2 aromatic rings. The number of rotatable bonds is 5. The van der Waals surface area contributed by atoms with Crippen molar-refractivity contribution in [2.45, 2.75) is 19.3 Å². The van der Waals surface area contributed by atoms with Gasteiger partial charge >= 0.3 is 12.3 Å². The van der Waals surface area contributed by atoms with Crippen molar-refractivity contribution in [3.05, 3.63) is 70.8 Å². The molecule has 0 heterocycles. The summed E-state index contributed by atoms with van der Waals surface area (Å²) in [5, 5.41) is 11.0. The Morgan fingerprint density at radius 2 is 1.54 bits per heavy atom. The lowest BCUT2D eigenvalue weighted by molar-refractivity contribution is -0.137. The summed E-state index contributed by atoms with van der Waals surface area (Å²) in [4.78, 5) is 22.8. The van der Waals surface area contributed by atoms with E-state index in [0.29, 0.717) is 11.1 Å². The van der Waals surface area contributed by atoms with Gasteiger partial charge < -0.3 is 10.1 Å². The van der Waals surface area contributed by atoms with E-state index in [1.165, 1.54) is 29.7 Å². The molecule has 0 saturated heterocycles. The van der Waals surface area contributed by atoms with Crippen molar-refractivity contribution in [3.63, 3.8) is 0 Å². The fourth-order valence-electron chi connectivity index (χ4n) is 2.00. The number of hydrogen-bond donors (Lipinski definition) is 3. The maximum absolute atomic E-state index is 12.5. The standard InChI is InChI=1S/C17H15F3N2O4/c18-17(19,20)14-7-3-12(4-8-14)10-26-16(24)21-9-11-1-5-13(6-2-11)15(23)22-25/h1-8,25H,9-10H2,(H,21,24)(H,22,23). The molecule has 0 aromatic heterocycles. The van der Waals surface area contributed by atoms with Crippen LogP contribution in [0.25, 0.3) is 0 Å². The first kappa shape index (κ1) is 19.3. The summed E-state index contributed by atoms with van der Waals surface area (Å²) in [5.41, 5.74) is 2.09. The Kier molecular flexibility index (Phi) is 6.18. The number of benzene rings is 2. The molecular formula is C17H15F3N2O4. The van der Waals surface area contributed by atoms with Gasteiger partial charge in [-0.15, -0.1) is 0 Å². The maximum Gasteiger partial charge on any atom is 0.416 e. The highest BCUT2D eigenvalue weighted by Crippen LogP contribution is 2.29. The average Bonchev–Trinajstić information content (AvgIpc) is 2.64. The molecule has 0 aliphatic heterocycles. The number of amides is 2. The van der Waals surface area contributed by atoms with Crippen LogP contribution in [0.15, 0.2) is 48.5 Å². The Bertz CT molecular complexity index is 759. The van der Waals surface area contributed by atoms with Gasteiger partial charge in [-0.1, -0.05) is 24.3 Å². The van der Waals surface area contributed by atoms with Gasteiger partial charge in [-0.25, -0.2) is 10.3 Å². The molecule has 0 bridgehead atoms. The molecule has 0 aliphatic carbocycles. The van der Waals surface area contributed by atoms with Gasteiger partial charge in [0.1, 0.15) is 6.61 Å². The molecule has 138 valence electrons. The van der Waals surface area contributed by atoms with Crippen LogP contribution < -0.4 is 10.8 Å².